The largest absolute Gasteiger partial charge is 0.368 e. The van der Waals surface area contributed by atoms with Crippen molar-refractivity contribution in [3.63, 3.8) is 0 Å². The number of primary amides is 1. The summed E-state index contributed by atoms with van der Waals surface area (Å²) in [6, 6.07) is 9.25. The number of carbonyl (C=O) groups excluding carboxylic acids is 1. The third-order valence-corrected chi connectivity index (χ3v) is 6.38. The molecule has 0 saturated heterocycles. The van der Waals surface area contributed by atoms with Crippen LogP contribution in [0.5, 0.6) is 0 Å². The Bertz CT molecular complexity index is 1230. The predicted octanol–water partition coefficient (Wildman–Crippen LogP) is 3.96. The molecule has 1 aromatic carbocycles. The molecule has 3 heterocycles. The molecule has 0 fully saturated rings. The lowest BCUT2D eigenvalue weighted by Gasteiger charge is -2.17. The third-order valence-electron chi connectivity index (χ3n) is 4.61. The SMILES string of the molecule is CC(C(N)=O)n1c(Cc2ccccc2F)nc2scc(-c3cccs3)c2c1=O. The Morgan fingerprint density at radius 2 is 2.04 bits per heavy atom. The van der Waals surface area contributed by atoms with Gasteiger partial charge in [-0.25, -0.2) is 9.37 Å². The smallest absolute Gasteiger partial charge is 0.263 e. The van der Waals surface area contributed by atoms with Gasteiger partial charge in [0.15, 0.2) is 0 Å². The number of benzene rings is 1. The number of nitrogens with two attached hydrogens (primary N) is 1. The minimum atomic E-state index is -0.901. The number of thiophene rings is 2. The van der Waals surface area contributed by atoms with Crippen molar-refractivity contribution >= 4 is 38.8 Å². The number of carbonyl (C=O) groups is 1. The minimum absolute atomic E-state index is 0.0850. The molecule has 0 radical (unpaired) electrons. The molecule has 8 heteroatoms. The van der Waals surface area contributed by atoms with Crippen molar-refractivity contribution in [3.05, 3.63) is 74.7 Å². The summed E-state index contributed by atoms with van der Waals surface area (Å²) in [5.41, 5.74) is 6.33. The number of amides is 1. The highest BCUT2D eigenvalue weighted by Crippen LogP contribution is 2.34. The number of halogens is 1. The lowest BCUT2D eigenvalue weighted by Crippen LogP contribution is -2.35. The van der Waals surface area contributed by atoms with Crippen molar-refractivity contribution in [2.45, 2.75) is 19.4 Å². The number of hydrogen-bond donors (Lipinski definition) is 1. The van der Waals surface area contributed by atoms with Crippen LogP contribution in [0.2, 0.25) is 0 Å². The highest BCUT2D eigenvalue weighted by atomic mass is 32.1. The van der Waals surface area contributed by atoms with Gasteiger partial charge in [-0.3, -0.25) is 14.2 Å². The van der Waals surface area contributed by atoms with E-state index in [-0.39, 0.29) is 17.8 Å². The molecule has 0 aliphatic carbocycles. The summed E-state index contributed by atoms with van der Waals surface area (Å²) in [6.07, 6.45) is 0.0850. The zero-order chi connectivity index (χ0) is 19.8. The van der Waals surface area contributed by atoms with Crippen LogP contribution in [0, 0.1) is 5.82 Å². The number of hydrogen-bond acceptors (Lipinski definition) is 5. The first-order chi connectivity index (χ1) is 13.5. The molecule has 0 aliphatic heterocycles. The molecule has 0 bridgehead atoms. The van der Waals surface area contributed by atoms with E-state index >= 15 is 0 Å². The maximum absolute atomic E-state index is 14.2. The van der Waals surface area contributed by atoms with Crippen LogP contribution in [0.1, 0.15) is 24.4 Å². The van der Waals surface area contributed by atoms with E-state index in [1.54, 1.807) is 25.1 Å². The van der Waals surface area contributed by atoms with Gasteiger partial charge in [-0.05, 0) is 30.0 Å². The third kappa shape index (κ3) is 3.14. The average Bonchev–Trinajstić information content (AvgIpc) is 3.32. The monoisotopic (exact) mass is 413 g/mol. The molecule has 1 unspecified atom stereocenters. The fourth-order valence-corrected chi connectivity index (χ4v) is 4.89. The van der Waals surface area contributed by atoms with Gasteiger partial charge in [-0.1, -0.05) is 24.3 Å². The Morgan fingerprint density at radius 3 is 2.71 bits per heavy atom. The zero-order valence-electron chi connectivity index (χ0n) is 14.9. The molecule has 5 nitrogen and oxygen atoms in total. The zero-order valence-corrected chi connectivity index (χ0v) is 16.5. The van der Waals surface area contributed by atoms with Gasteiger partial charge in [0.05, 0.1) is 5.39 Å². The Hall–Kier alpha value is -2.84. The van der Waals surface area contributed by atoms with Crippen molar-refractivity contribution in [2.24, 2.45) is 5.73 Å². The second kappa shape index (κ2) is 7.29. The van der Waals surface area contributed by atoms with Crippen LogP contribution in [0.15, 0.2) is 52.0 Å². The fourth-order valence-electron chi connectivity index (χ4n) is 3.12. The van der Waals surface area contributed by atoms with Gasteiger partial charge in [-0.2, -0.15) is 0 Å². The molecule has 0 spiro atoms. The van der Waals surface area contributed by atoms with Crippen LogP contribution in [-0.4, -0.2) is 15.5 Å². The maximum Gasteiger partial charge on any atom is 0.263 e. The van der Waals surface area contributed by atoms with E-state index in [0.29, 0.717) is 21.6 Å². The molecule has 4 rings (SSSR count). The normalized spacial score (nSPS) is 12.4. The van der Waals surface area contributed by atoms with Gasteiger partial charge >= 0.3 is 0 Å². The van der Waals surface area contributed by atoms with E-state index in [0.717, 1.165) is 10.4 Å². The number of aromatic nitrogens is 2. The van der Waals surface area contributed by atoms with Gasteiger partial charge in [0.2, 0.25) is 5.91 Å². The highest BCUT2D eigenvalue weighted by Gasteiger charge is 2.23. The summed E-state index contributed by atoms with van der Waals surface area (Å²) in [5.74, 6) is -0.722. The topological polar surface area (TPSA) is 78.0 Å². The summed E-state index contributed by atoms with van der Waals surface area (Å²) in [6.45, 7) is 1.55. The number of nitrogens with zero attached hydrogens (tertiary/aromatic N) is 2. The number of fused-ring (bicyclic) bond motifs is 1. The van der Waals surface area contributed by atoms with Crippen LogP contribution < -0.4 is 11.3 Å². The van der Waals surface area contributed by atoms with E-state index < -0.39 is 11.9 Å². The van der Waals surface area contributed by atoms with Crippen molar-refractivity contribution in [1.82, 2.24) is 9.55 Å². The molecule has 2 N–H and O–H groups in total. The van der Waals surface area contributed by atoms with Crippen molar-refractivity contribution in [3.8, 4) is 10.4 Å². The second-order valence-electron chi connectivity index (χ2n) is 6.36. The quantitative estimate of drug-likeness (QED) is 0.538. The molecule has 1 amide bonds. The van der Waals surface area contributed by atoms with Crippen molar-refractivity contribution in [1.29, 1.82) is 0 Å². The molecule has 142 valence electrons. The molecule has 28 heavy (non-hydrogen) atoms. The van der Waals surface area contributed by atoms with Crippen LogP contribution in [-0.2, 0) is 11.2 Å². The van der Waals surface area contributed by atoms with Crippen LogP contribution in [0.3, 0.4) is 0 Å². The van der Waals surface area contributed by atoms with E-state index in [9.17, 15) is 14.0 Å². The van der Waals surface area contributed by atoms with Gasteiger partial charge in [0.25, 0.3) is 5.56 Å². The molecule has 3 aromatic heterocycles. The second-order valence-corrected chi connectivity index (χ2v) is 8.16. The van der Waals surface area contributed by atoms with Gasteiger partial charge in [0, 0.05) is 22.2 Å². The van der Waals surface area contributed by atoms with Gasteiger partial charge < -0.3 is 5.73 Å². The van der Waals surface area contributed by atoms with Crippen LogP contribution in [0.4, 0.5) is 4.39 Å². The first kappa shape index (κ1) is 18.5. The van der Waals surface area contributed by atoms with E-state index in [4.69, 9.17) is 5.73 Å². The Labute approximate surface area is 167 Å². The maximum atomic E-state index is 14.2. The van der Waals surface area contributed by atoms with E-state index in [1.165, 1.54) is 33.3 Å². The van der Waals surface area contributed by atoms with Crippen molar-refractivity contribution in [2.75, 3.05) is 0 Å². The highest BCUT2D eigenvalue weighted by molar-refractivity contribution is 7.18. The fraction of sp³-hybridized carbons (Fsp3) is 0.150. The van der Waals surface area contributed by atoms with E-state index in [1.807, 2.05) is 22.9 Å². The average molecular weight is 413 g/mol. The number of rotatable bonds is 5. The Kier molecular flexibility index (Phi) is 4.82. The first-order valence-electron chi connectivity index (χ1n) is 8.56. The molecular weight excluding hydrogens is 397 g/mol. The standard InChI is InChI=1S/C20H16FN3O2S2/c1-11(18(22)25)24-16(9-12-5-2-3-6-14(12)21)23-19-17(20(24)26)13(10-28-19)15-7-4-8-27-15/h2-8,10-11H,9H2,1H3,(H2,22,25). The summed E-state index contributed by atoms with van der Waals surface area (Å²) in [5, 5.41) is 4.28. The predicted molar refractivity (Wildman–Crippen MR) is 110 cm³/mol. The first-order valence-corrected chi connectivity index (χ1v) is 10.3. The molecular formula is C20H16FN3O2S2. The van der Waals surface area contributed by atoms with E-state index in [2.05, 4.69) is 4.98 Å². The summed E-state index contributed by atoms with van der Waals surface area (Å²) in [7, 11) is 0. The molecule has 0 saturated carbocycles. The lowest BCUT2D eigenvalue weighted by molar-refractivity contribution is -0.120. The van der Waals surface area contributed by atoms with Crippen molar-refractivity contribution < 1.29 is 9.18 Å². The Morgan fingerprint density at radius 1 is 1.25 bits per heavy atom. The molecule has 4 aromatic rings. The van der Waals surface area contributed by atoms with Gasteiger partial charge in [0.1, 0.15) is 22.5 Å². The summed E-state index contributed by atoms with van der Waals surface area (Å²) >= 11 is 2.88. The minimum Gasteiger partial charge on any atom is -0.368 e. The summed E-state index contributed by atoms with van der Waals surface area (Å²) in [4.78, 5) is 31.4. The molecule has 1 atom stereocenters. The molecule has 0 aliphatic rings. The Balaban J connectivity index is 1.97. The van der Waals surface area contributed by atoms with Gasteiger partial charge in [-0.15, -0.1) is 22.7 Å². The summed E-state index contributed by atoms with van der Waals surface area (Å²) < 4.78 is 15.5. The lowest BCUT2D eigenvalue weighted by atomic mass is 10.1. The van der Waals surface area contributed by atoms with Crippen LogP contribution >= 0.6 is 22.7 Å². The van der Waals surface area contributed by atoms with Crippen LogP contribution in [0.25, 0.3) is 20.7 Å².